The molecule has 110 valence electrons. The highest BCUT2D eigenvalue weighted by Gasteiger charge is 2.26. The molecule has 1 aromatic rings. The summed E-state index contributed by atoms with van der Waals surface area (Å²) < 4.78 is 19.2. The summed E-state index contributed by atoms with van der Waals surface area (Å²) in [5.74, 6) is -0.295. The molecule has 1 amide bonds. The average Bonchev–Trinajstić information content (AvgIpc) is 2.61. The molecule has 0 fully saturated rings. The van der Waals surface area contributed by atoms with Crippen molar-refractivity contribution in [2.75, 3.05) is 6.61 Å². The van der Waals surface area contributed by atoms with E-state index in [9.17, 15) is 9.18 Å². The molecule has 5 heteroatoms. The van der Waals surface area contributed by atoms with Crippen molar-refractivity contribution in [2.24, 2.45) is 11.7 Å². The first-order valence-electron chi connectivity index (χ1n) is 6.98. The van der Waals surface area contributed by atoms with Gasteiger partial charge in [0.25, 0.3) is 0 Å². The summed E-state index contributed by atoms with van der Waals surface area (Å²) in [5.41, 5.74) is 6.54. The second-order valence-corrected chi connectivity index (χ2v) is 5.48. The minimum atomic E-state index is -0.559. The standard InChI is InChI=1S/C15H21FN2O2/c1-9(2)13(17)15(19)18-12-7-4-8-20-14-10(12)5-3-6-11(14)16/h3,5-6,9,12-13H,4,7-8,17H2,1-2H3,(H,18,19). The molecule has 2 rings (SSSR count). The lowest BCUT2D eigenvalue weighted by Crippen LogP contribution is -2.45. The van der Waals surface area contributed by atoms with Gasteiger partial charge in [0.2, 0.25) is 5.91 Å². The number of carbonyl (C=O) groups excluding carboxylic acids is 1. The van der Waals surface area contributed by atoms with Gasteiger partial charge in [0, 0.05) is 5.56 Å². The van der Waals surface area contributed by atoms with E-state index in [1.54, 1.807) is 12.1 Å². The van der Waals surface area contributed by atoms with E-state index >= 15 is 0 Å². The van der Waals surface area contributed by atoms with Gasteiger partial charge in [0.05, 0.1) is 18.7 Å². The Balaban J connectivity index is 2.21. The van der Waals surface area contributed by atoms with Crippen LogP contribution in [-0.2, 0) is 4.79 Å². The molecule has 0 spiro atoms. The first kappa shape index (κ1) is 14.8. The topological polar surface area (TPSA) is 64.4 Å². The van der Waals surface area contributed by atoms with Crippen LogP contribution in [0.2, 0.25) is 0 Å². The Bertz CT molecular complexity index is 491. The molecular formula is C15H21FN2O2. The summed E-state index contributed by atoms with van der Waals surface area (Å²) >= 11 is 0. The summed E-state index contributed by atoms with van der Waals surface area (Å²) in [5, 5.41) is 2.91. The molecule has 2 unspecified atom stereocenters. The van der Waals surface area contributed by atoms with Crippen LogP contribution >= 0.6 is 0 Å². The van der Waals surface area contributed by atoms with Crippen LogP contribution in [0.5, 0.6) is 5.75 Å². The van der Waals surface area contributed by atoms with E-state index in [1.165, 1.54) is 6.07 Å². The predicted molar refractivity (Wildman–Crippen MR) is 74.8 cm³/mol. The van der Waals surface area contributed by atoms with Gasteiger partial charge < -0.3 is 15.8 Å². The number of ether oxygens (including phenoxy) is 1. The largest absolute Gasteiger partial charge is 0.490 e. The zero-order valence-electron chi connectivity index (χ0n) is 11.9. The van der Waals surface area contributed by atoms with E-state index < -0.39 is 11.9 Å². The number of nitrogens with one attached hydrogen (secondary N) is 1. The fourth-order valence-corrected chi connectivity index (χ4v) is 2.29. The fraction of sp³-hybridized carbons (Fsp3) is 0.533. The van der Waals surface area contributed by atoms with Crippen molar-refractivity contribution < 1.29 is 13.9 Å². The number of amides is 1. The normalized spacial score (nSPS) is 19.8. The monoisotopic (exact) mass is 280 g/mol. The Morgan fingerprint density at radius 2 is 2.25 bits per heavy atom. The highest BCUT2D eigenvalue weighted by molar-refractivity contribution is 5.82. The predicted octanol–water partition coefficient (Wildman–Crippen LogP) is 2.14. The van der Waals surface area contributed by atoms with Gasteiger partial charge in [-0.3, -0.25) is 4.79 Å². The molecule has 0 aromatic heterocycles. The van der Waals surface area contributed by atoms with E-state index in [2.05, 4.69) is 5.32 Å². The van der Waals surface area contributed by atoms with Crippen molar-refractivity contribution in [1.29, 1.82) is 0 Å². The fourth-order valence-electron chi connectivity index (χ4n) is 2.29. The van der Waals surface area contributed by atoms with Crippen molar-refractivity contribution in [1.82, 2.24) is 5.32 Å². The summed E-state index contributed by atoms with van der Waals surface area (Å²) in [4.78, 5) is 12.1. The van der Waals surface area contributed by atoms with Crippen LogP contribution in [-0.4, -0.2) is 18.6 Å². The molecule has 20 heavy (non-hydrogen) atoms. The number of hydrogen-bond donors (Lipinski definition) is 2. The van der Waals surface area contributed by atoms with E-state index in [1.807, 2.05) is 13.8 Å². The molecule has 1 aromatic carbocycles. The van der Waals surface area contributed by atoms with E-state index in [4.69, 9.17) is 10.5 Å². The van der Waals surface area contributed by atoms with Crippen LogP contribution < -0.4 is 15.8 Å². The van der Waals surface area contributed by atoms with Gasteiger partial charge in [-0.2, -0.15) is 0 Å². The van der Waals surface area contributed by atoms with Crippen LogP contribution in [0.25, 0.3) is 0 Å². The Hall–Kier alpha value is -1.62. The summed E-state index contributed by atoms with van der Waals surface area (Å²) in [7, 11) is 0. The molecule has 0 radical (unpaired) electrons. The Morgan fingerprint density at radius 1 is 1.50 bits per heavy atom. The van der Waals surface area contributed by atoms with Gasteiger partial charge in [-0.15, -0.1) is 0 Å². The number of para-hydroxylation sites is 1. The molecule has 0 saturated heterocycles. The Labute approximate surface area is 118 Å². The SMILES string of the molecule is CC(C)C(N)C(=O)NC1CCCOc2c(F)cccc21. The number of benzene rings is 1. The Morgan fingerprint density at radius 3 is 2.95 bits per heavy atom. The molecule has 0 saturated carbocycles. The minimum absolute atomic E-state index is 0.0593. The second-order valence-electron chi connectivity index (χ2n) is 5.48. The van der Waals surface area contributed by atoms with Crippen LogP contribution in [0, 0.1) is 11.7 Å². The van der Waals surface area contributed by atoms with E-state index in [0.717, 1.165) is 6.42 Å². The zero-order chi connectivity index (χ0) is 14.7. The average molecular weight is 280 g/mol. The maximum Gasteiger partial charge on any atom is 0.237 e. The molecule has 1 aliphatic rings. The van der Waals surface area contributed by atoms with E-state index in [-0.39, 0.29) is 23.6 Å². The van der Waals surface area contributed by atoms with Crippen LogP contribution in [0.1, 0.15) is 38.3 Å². The number of rotatable bonds is 3. The van der Waals surface area contributed by atoms with Crippen LogP contribution in [0.3, 0.4) is 0 Å². The maximum absolute atomic E-state index is 13.8. The van der Waals surface area contributed by atoms with Gasteiger partial charge in [-0.25, -0.2) is 4.39 Å². The maximum atomic E-state index is 13.8. The minimum Gasteiger partial charge on any atom is -0.490 e. The molecule has 1 heterocycles. The quantitative estimate of drug-likeness (QED) is 0.891. The number of nitrogens with two attached hydrogens (primary N) is 1. The summed E-state index contributed by atoms with van der Waals surface area (Å²) in [6.07, 6.45) is 1.48. The van der Waals surface area contributed by atoms with Crippen LogP contribution in [0.4, 0.5) is 4.39 Å². The lowest BCUT2D eigenvalue weighted by atomic mass is 9.99. The summed E-state index contributed by atoms with van der Waals surface area (Å²) in [6.45, 7) is 4.25. The number of halogens is 1. The summed E-state index contributed by atoms with van der Waals surface area (Å²) in [6, 6.07) is 3.97. The van der Waals surface area contributed by atoms with Crippen LogP contribution in [0.15, 0.2) is 18.2 Å². The first-order valence-corrected chi connectivity index (χ1v) is 6.98. The van der Waals surface area contributed by atoms with E-state index in [0.29, 0.717) is 18.6 Å². The van der Waals surface area contributed by atoms with Gasteiger partial charge in [-0.05, 0) is 24.8 Å². The third-order valence-corrected chi connectivity index (χ3v) is 3.59. The highest BCUT2D eigenvalue weighted by Crippen LogP contribution is 2.33. The van der Waals surface area contributed by atoms with Crippen molar-refractivity contribution in [3.05, 3.63) is 29.6 Å². The number of fused-ring (bicyclic) bond motifs is 1. The second kappa shape index (κ2) is 6.22. The molecule has 2 atom stereocenters. The third-order valence-electron chi connectivity index (χ3n) is 3.59. The van der Waals surface area contributed by atoms with Gasteiger partial charge in [-0.1, -0.05) is 26.0 Å². The molecular weight excluding hydrogens is 259 g/mol. The molecule has 0 bridgehead atoms. The number of hydrogen-bond acceptors (Lipinski definition) is 3. The van der Waals surface area contributed by atoms with Gasteiger partial charge in [0.15, 0.2) is 11.6 Å². The van der Waals surface area contributed by atoms with Crippen molar-refractivity contribution >= 4 is 5.91 Å². The molecule has 0 aliphatic carbocycles. The van der Waals surface area contributed by atoms with Crippen molar-refractivity contribution in [3.63, 3.8) is 0 Å². The lowest BCUT2D eigenvalue weighted by molar-refractivity contribution is -0.124. The third kappa shape index (κ3) is 3.10. The molecule has 3 N–H and O–H groups in total. The lowest BCUT2D eigenvalue weighted by Gasteiger charge is -2.22. The molecule has 4 nitrogen and oxygen atoms in total. The highest BCUT2D eigenvalue weighted by atomic mass is 19.1. The smallest absolute Gasteiger partial charge is 0.237 e. The van der Waals surface area contributed by atoms with Gasteiger partial charge in [0.1, 0.15) is 0 Å². The molecule has 1 aliphatic heterocycles. The van der Waals surface area contributed by atoms with Crippen molar-refractivity contribution in [2.45, 2.75) is 38.8 Å². The number of carbonyl (C=O) groups is 1. The van der Waals surface area contributed by atoms with Gasteiger partial charge >= 0.3 is 0 Å². The Kier molecular flexibility index (Phi) is 4.60. The van der Waals surface area contributed by atoms with Crippen molar-refractivity contribution in [3.8, 4) is 5.75 Å². The first-order chi connectivity index (χ1) is 9.50. The zero-order valence-corrected chi connectivity index (χ0v) is 11.9.